The van der Waals surface area contributed by atoms with E-state index in [-0.39, 0.29) is 11.4 Å². The summed E-state index contributed by atoms with van der Waals surface area (Å²) < 4.78 is 38.9. The third kappa shape index (κ3) is 3.50. The summed E-state index contributed by atoms with van der Waals surface area (Å²) in [6, 6.07) is 4.51. The lowest BCUT2D eigenvalue weighted by atomic mass is 10.2. The number of rotatable bonds is 4. The second-order valence-corrected chi connectivity index (χ2v) is 4.17. The van der Waals surface area contributed by atoms with Crippen LogP contribution in [0.4, 0.5) is 24.5 Å². The van der Waals surface area contributed by atoms with Crippen LogP contribution in [0.3, 0.4) is 0 Å². The topological polar surface area (TPSA) is 54.0 Å². The first-order valence-corrected chi connectivity index (χ1v) is 6.17. The van der Waals surface area contributed by atoms with E-state index in [2.05, 4.69) is 15.6 Å². The molecule has 0 saturated carbocycles. The Balaban J connectivity index is 2.14. The molecular weight excluding hydrogens is 283 g/mol. The molecule has 0 spiro atoms. The monoisotopic (exact) mass is 295 g/mol. The van der Waals surface area contributed by atoms with Gasteiger partial charge in [0.05, 0.1) is 11.9 Å². The molecule has 0 atom stereocenters. The molecule has 0 aliphatic carbocycles. The molecule has 2 rings (SSSR count). The van der Waals surface area contributed by atoms with Gasteiger partial charge in [-0.3, -0.25) is 4.79 Å². The number of carbonyl (C=O) groups is 1. The molecule has 0 aliphatic rings. The zero-order valence-electron chi connectivity index (χ0n) is 11.1. The van der Waals surface area contributed by atoms with Gasteiger partial charge in [0.1, 0.15) is 5.69 Å². The Morgan fingerprint density at radius 2 is 1.81 bits per heavy atom. The second kappa shape index (κ2) is 6.25. The van der Waals surface area contributed by atoms with Crippen LogP contribution in [0.1, 0.15) is 17.4 Å². The van der Waals surface area contributed by atoms with Crippen LogP contribution in [0.2, 0.25) is 0 Å². The minimum absolute atomic E-state index is 0.0711. The van der Waals surface area contributed by atoms with Crippen LogP contribution in [-0.2, 0) is 0 Å². The number of hydrogen-bond acceptors (Lipinski definition) is 3. The van der Waals surface area contributed by atoms with E-state index in [9.17, 15) is 18.0 Å². The largest absolute Gasteiger partial charge is 0.384 e. The van der Waals surface area contributed by atoms with Gasteiger partial charge in [-0.15, -0.1) is 0 Å². The van der Waals surface area contributed by atoms with E-state index in [4.69, 9.17) is 0 Å². The van der Waals surface area contributed by atoms with Crippen molar-refractivity contribution in [1.29, 1.82) is 0 Å². The third-order valence-electron chi connectivity index (χ3n) is 2.62. The Labute approximate surface area is 119 Å². The maximum absolute atomic E-state index is 13.0. The minimum Gasteiger partial charge on any atom is -0.384 e. The van der Waals surface area contributed by atoms with Crippen LogP contribution >= 0.6 is 0 Å². The van der Waals surface area contributed by atoms with E-state index in [0.29, 0.717) is 18.7 Å². The van der Waals surface area contributed by atoms with Gasteiger partial charge in [-0.05, 0) is 19.1 Å². The predicted octanol–water partition coefficient (Wildman–Crippen LogP) is 3.18. The van der Waals surface area contributed by atoms with Crippen molar-refractivity contribution in [2.45, 2.75) is 6.92 Å². The van der Waals surface area contributed by atoms with Gasteiger partial charge >= 0.3 is 0 Å². The lowest BCUT2D eigenvalue weighted by molar-refractivity contribution is 0.102. The Bertz CT molecular complexity index is 636. The van der Waals surface area contributed by atoms with Crippen molar-refractivity contribution in [3.8, 4) is 0 Å². The quantitative estimate of drug-likeness (QED) is 0.852. The highest BCUT2D eigenvalue weighted by Gasteiger charge is 2.13. The normalized spacial score (nSPS) is 10.3. The lowest BCUT2D eigenvalue weighted by Gasteiger charge is -2.07. The van der Waals surface area contributed by atoms with Crippen molar-refractivity contribution in [2.75, 3.05) is 17.2 Å². The predicted molar refractivity (Wildman–Crippen MR) is 72.7 cm³/mol. The maximum atomic E-state index is 13.0. The summed E-state index contributed by atoms with van der Waals surface area (Å²) in [5.41, 5.74) is 0.628. The first-order chi connectivity index (χ1) is 10.0. The summed E-state index contributed by atoms with van der Waals surface area (Å²) in [5, 5.41) is 5.26. The number of benzene rings is 1. The molecule has 4 nitrogen and oxygen atoms in total. The molecular formula is C14H12F3N3O. The van der Waals surface area contributed by atoms with E-state index in [0.717, 1.165) is 5.69 Å². The number of aromatic nitrogens is 1. The van der Waals surface area contributed by atoms with E-state index in [1.165, 1.54) is 12.3 Å². The average Bonchev–Trinajstić information content (AvgIpc) is 2.45. The molecule has 0 fully saturated rings. The summed E-state index contributed by atoms with van der Waals surface area (Å²) in [5.74, 6) is -4.98. The molecule has 1 aromatic heterocycles. The Morgan fingerprint density at radius 1 is 1.14 bits per heavy atom. The van der Waals surface area contributed by atoms with Gasteiger partial charge in [0.2, 0.25) is 0 Å². The first-order valence-electron chi connectivity index (χ1n) is 6.17. The Hall–Kier alpha value is -2.57. The number of carbonyl (C=O) groups excluding carboxylic acids is 1. The van der Waals surface area contributed by atoms with Crippen LogP contribution in [0.5, 0.6) is 0 Å². The summed E-state index contributed by atoms with van der Waals surface area (Å²) in [6.07, 6.45) is 1.46. The van der Waals surface area contributed by atoms with Crippen LogP contribution in [-0.4, -0.2) is 17.4 Å². The smallest absolute Gasteiger partial charge is 0.274 e. The molecule has 0 radical (unpaired) electrons. The van der Waals surface area contributed by atoms with Crippen molar-refractivity contribution in [3.63, 3.8) is 0 Å². The summed E-state index contributed by atoms with van der Waals surface area (Å²) in [6.45, 7) is 2.62. The van der Waals surface area contributed by atoms with Gasteiger partial charge in [-0.1, -0.05) is 0 Å². The van der Waals surface area contributed by atoms with Crippen LogP contribution in [0.25, 0.3) is 0 Å². The highest BCUT2D eigenvalue weighted by atomic mass is 19.2. The molecule has 2 N–H and O–H groups in total. The molecule has 2 aromatic rings. The fourth-order valence-electron chi connectivity index (χ4n) is 1.66. The minimum atomic E-state index is -1.58. The van der Waals surface area contributed by atoms with Gasteiger partial charge in [0, 0.05) is 24.4 Å². The first kappa shape index (κ1) is 14.8. The molecule has 0 unspecified atom stereocenters. The molecule has 0 bridgehead atoms. The molecule has 0 saturated heterocycles. The highest BCUT2D eigenvalue weighted by molar-refractivity contribution is 6.02. The van der Waals surface area contributed by atoms with E-state index in [1.807, 2.05) is 6.92 Å². The van der Waals surface area contributed by atoms with Crippen molar-refractivity contribution >= 4 is 17.3 Å². The second-order valence-electron chi connectivity index (χ2n) is 4.17. The van der Waals surface area contributed by atoms with Gasteiger partial charge < -0.3 is 10.6 Å². The molecule has 1 amide bonds. The number of halogens is 3. The molecule has 1 aromatic carbocycles. The van der Waals surface area contributed by atoms with Gasteiger partial charge in [0.15, 0.2) is 17.5 Å². The zero-order valence-corrected chi connectivity index (χ0v) is 11.1. The van der Waals surface area contributed by atoms with Crippen LogP contribution in [0.15, 0.2) is 30.5 Å². The third-order valence-corrected chi connectivity index (χ3v) is 2.62. The summed E-state index contributed by atoms with van der Waals surface area (Å²) in [7, 11) is 0. The van der Waals surface area contributed by atoms with E-state index >= 15 is 0 Å². The number of pyridine rings is 1. The van der Waals surface area contributed by atoms with Crippen molar-refractivity contribution in [3.05, 3.63) is 53.6 Å². The Kier molecular flexibility index (Phi) is 4.42. The van der Waals surface area contributed by atoms with Crippen LogP contribution in [0, 0.1) is 17.5 Å². The summed E-state index contributed by atoms with van der Waals surface area (Å²) in [4.78, 5) is 15.8. The number of anilines is 2. The number of amides is 1. The number of nitrogens with one attached hydrogen (secondary N) is 2. The Morgan fingerprint density at radius 3 is 2.33 bits per heavy atom. The molecule has 7 heteroatoms. The molecule has 21 heavy (non-hydrogen) atoms. The van der Waals surface area contributed by atoms with Gasteiger partial charge in [-0.2, -0.15) is 0 Å². The maximum Gasteiger partial charge on any atom is 0.274 e. The SMILES string of the molecule is CCNc1ccc(C(=O)Nc2cc(F)c(F)c(F)c2)nc1. The number of hydrogen-bond donors (Lipinski definition) is 2. The van der Waals surface area contributed by atoms with E-state index in [1.54, 1.807) is 6.07 Å². The standard InChI is InChI=1S/C14H12F3N3O/c1-2-18-8-3-4-12(19-7-8)14(21)20-9-5-10(15)13(17)11(16)6-9/h3-7,18H,2H2,1H3,(H,20,21). The average molecular weight is 295 g/mol. The zero-order chi connectivity index (χ0) is 15.4. The van der Waals surface area contributed by atoms with Crippen molar-refractivity contribution in [2.24, 2.45) is 0 Å². The fourth-order valence-corrected chi connectivity index (χ4v) is 1.66. The number of nitrogens with zero attached hydrogens (tertiary/aromatic N) is 1. The summed E-state index contributed by atoms with van der Waals surface area (Å²) >= 11 is 0. The molecule has 1 heterocycles. The molecule has 0 aliphatic heterocycles. The molecule has 110 valence electrons. The van der Waals surface area contributed by atoms with Gasteiger partial charge in [-0.25, -0.2) is 18.2 Å². The highest BCUT2D eigenvalue weighted by Crippen LogP contribution is 2.18. The fraction of sp³-hybridized carbons (Fsp3) is 0.143. The van der Waals surface area contributed by atoms with Gasteiger partial charge in [0.25, 0.3) is 5.91 Å². The van der Waals surface area contributed by atoms with Crippen molar-refractivity contribution in [1.82, 2.24) is 4.98 Å². The van der Waals surface area contributed by atoms with E-state index < -0.39 is 23.4 Å². The van der Waals surface area contributed by atoms with Crippen molar-refractivity contribution < 1.29 is 18.0 Å². The van der Waals surface area contributed by atoms with Crippen LogP contribution < -0.4 is 10.6 Å². The lowest BCUT2D eigenvalue weighted by Crippen LogP contribution is -2.14.